The minimum Gasteiger partial charge on any atom is -0.496 e. The number of hydrogen-bond acceptors (Lipinski definition) is 4. The van der Waals surface area contributed by atoms with E-state index < -0.39 is 11.1 Å². The molecule has 1 N–H and O–H groups in total. The summed E-state index contributed by atoms with van der Waals surface area (Å²) in [5, 5.41) is 2.31. The Morgan fingerprint density at radius 2 is 2.00 bits per heavy atom. The molecule has 104 valence electrons. The molecule has 0 radical (unpaired) electrons. The number of H-pyrrole nitrogens is 1. The van der Waals surface area contributed by atoms with Crippen molar-refractivity contribution in [1.29, 1.82) is 0 Å². The summed E-state index contributed by atoms with van der Waals surface area (Å²) < 4.78 is 6.13. The molecule has 0 amide bonds. The molecule has 2 aromatic rings. The van der Waals surface area contributed by atoms with Crippen molar-refractivity contribution in [3.05, 3.63) is 62.2 Å². The summed E-state index contributed by atoms with van der Waals surface area (Å²) in [5.74, 6) is 0.132. The minimum atomic E-state index is -0.441. The zero-order chi connectivity index (χ0) is 14.7. The Bertz CT molecular complexity index is 758. The van der Waals surface area contributed by atoms with Crippen molar-refractivity contribution in [3.63, 3.8) is 0 Å². The molecule has 0 bridgehead atoms. The van der Waals surface area contributed by atoms with Gasteiger partial charge < -0.3 is 4.74 Å². The Balaban J connectivity index is 2.35. The van der Waals surface area contributed by atoms with Crippen molar-refractivity contribution in [1.82, 2.24) is 9.78 Å². The average molecular weight is 274 g/mol. The van der Waals surface area contributed by atoms with E-state index in [0.717, 1.165) is 22.4 Å². The van der Waals surface area contributed by atoms with E-state index in [2.05, 4.69) is 5.10 Å². The van der Waals surface area contributed by atoms with E-state index in [4.69, 9.17) is 4.74 Å². The van der Waals surface area contributed by atoms with Crippen LogP contribution in [0.3, 0.4) is 0 Å². The summed E-state index contributed by atoms with van der Waals surface area (Å²) in [7, 11) is 1.47. The largest absolute Gasteiger partial charge is 0.496 e. The highest BCUT2D eigenvalue weighted by Crippen LogP contribution is 2.20. The lowest BCUT2D eigenvalue weighted by atomic mass is 10.1. The number of aromatic amines is 1. The molecule has 0 saturated heterocycles. The number of ketones is 1. The summed E-state index contributed by atoms with van der Waals surface area (Å²) in [6.07, 6.45) is 0. The third-order valence-corrected chi connectivity index (χ3v) is 2.85. The second-order valence-electron chi connectivity index (χ2n) is 4.36. The van der Waals surface area contributed by atoms with Gasteiger partial charge in [0.15, 0.2) is 5.78 Å². The van der Waals surface area contributed by atoms with E-state index >= 15 is 0 Å². The molecule has 6 heteroatoms. The Morgan fingerprint density at radius 1 is 1.25 bits per heavy atom. The number of carbonyl (C=O) groups is 1. The monoisotopic (exact) mass is 274 g/mol. The highest BCUT2D eigenvalue weighted by molar-refractivity contribution is 5.98. The Hall–Kier alpha value is -2.63. The molecule has 0 atom stereocenters. The van der Waals surface area contributed by atoms with Gasteiger partial charge in [-0.3, -0.25) is 19.5 Å². The predicted octanol–water partition coefficient (Wildman–Crippen LogP) is 0.737. The van der Waals surface area contributed by atoms with Gasteiger partial charge in [-0.15, -0.1) is 0 Å². The van der Waals surface area contributed by atoms with Crippen LogP contribution in [0.25, 0.3) is 0 Å². The molecule has 1 heterocycles. The summed E-state index contributed by atoms with van der Waals surface area (Å²) in [6.45, 7) is 1.64. The van der Waals surface area contributed by atoms with Gasteiger partial charge in [0.05, 0.1) is 12.7 Å². The van der Waals surface area contributed by atoms with Crippen molar-refractivity contribution >= 4 is 5.78 Å². The molecular formula is C14H14N2O4. The summed E-state index contributed by atoms with van der Waals surface area (Å²) >= 11 is 0. The molecule has 1 aromatic carbocycles. The lowest BCUT2D eigenvalue weighted by Crippen LogP contribution is -2.30. The van der Waals surface area contributed by atoms with Crippen molar-refractivity contribution in [2.45, 2.75) is 13.5 Å². The van der Waals surface area contributed by atoms with Gasteiger partial charge in [-0.25, -0.2) is 4.68 Å². The average Bonchev–Trinajstić information content (AvgIpc) is 2.42. The second kappa shape index (κ2) is 5.56. The molecule has 0 spiro atoms. The number of rotatable bonds is 4. The number of ether oxygens (including phenoxy) is 1. The topological polar surface area (TPSA) is 81.2 Å². The Labute approximate surface area is 114 Å². The predicted molar refractivity (Wildman–Crippen MR) is 73.4 cm³/mol. The smallest absolute Gasteiger partial charge is 0.265 e. The summed E-state index contributed by atoms with van der Waals surface area (Å²) in [4.78, 5) is 34.9. The first-order valence-corrected chi connectivity index (χ1v) is 5.99. The molecule has 0 aliphatic rings. The van der Waals surface area contributed by atoms with Crippen molar-refractivity contribution in [3.8, 4) is 5.75 Å². The first-order valence-electron chi connectivity index (χ1n) is 5.99. The fraction of sp³-hybridized carbons (Fsp3) is 0.214. The van der Waals surface area contributed by atoms with Crippen LogP contribution in [0.5, 0.6) is 5.75 Å². The highest BCUT2D eigenvalue weighted by atomic mass is 16.5. The number of aryl methyl sites for hydroxylation is 1. The van der Waals surface area contributed by atoms with Gasteiger partial charge in [-0.1, -0.05) is 6.07 Å². The first kappa shape index (κ1) is 13.8. The van der Waals surface area contributed by atoms with Crippen LogP contribution in [-0.2, 0) is 6.54 Å². The van der Waals surface area contributed by atoms with Crippen molar-refractivity contribution in [2.24, 2.45) is 0 Å². The van der Waals surface area contributed by atoms with Crippen LogP contribution in [-0.4, -0.2) is 22.7 Å². The zero-order valence-electron chi connectivity index (χ0n) is 11.2. The van der Waals surface area contributed by atoms with E-state index in [9.17, 15) is 14.4 Å². The van der Waals surface area contributed by atoms with Crippen LogP contribution < -0.4 is 15.9 Å². The van der Waals surface area contributed by atoms with Gasteiger partial charge in [-0.2, -0.15) is 0 Å². The van der Waals surface area contributed by atoms with Gasteiger partial charge in [-0.05, 0) is 24.6 Å². The van der Waals surface area contributed by atoms with Gasteiger partial charge in [0.25, 0.3) is 11.1 Å². The normalized spacial score (nSPS) is 10.3. The maximum atomic E-state index is 12.2. The Kier molecular flexibility index (Phi) is 3.84. The first-order chi connectivity index (χ1) is 9.51. The van der Waals surface area contributed by atoms with E-state index in [0.29, 0.717) is 11.3 Å². The van der Waals surface area contributed by atoms with E-state index in [1.807, 2.05) is 6.92 Å². The van der Waals surface area contributed by atoms with Gasteiger partial charge in [0, 0.05) is 12.1 Å². The second-order valence-corrected chi connectivity index (χ2v) is 4.36. The molecule has 2 rings (SSSR count). The lowest BCUT2D eigenvalue weighted by molar-refractivity contribution is 0.0962. The van der Waals surface area contributed by atoms with Gasteiger partial charge in [0.2, 0.25) is 0 Å². The molecule has 0 unspecified atom stereocenters. The summed E-state index contributed by atoms with van der Waals surface area (Å²) in [6, 6.07) is 7.41. The van der Waals surface area contributed by atoms with Crippen molar-refractivity contribution in [2.75, 3.05) is 7.11 Å². The number of methoxy groups -OCH3 is 1. The number of hydrogen-bond donors (Lipinski definition) is 1. The maximum Gasteiger partial charge on any atom is 0.265 e. The van der Waals surface area contributed by atoms with Gasteiger partial charge in [0.1, 0.15) is 12.3 Å². The Morgan fingerprint density at radius 3 is 2.70 bits per heavy atom. The van der Waals surface area contributed by atoms with Crippen LogP contribution in [0.15, 0.2) is 39.9 Å². The molecule has 0 aliphatic heterocycles. The molecular weight excluding hydrogens is 260 g/mol. The fourth-order valence-corrected chi connectivity index (χ4v) is 1.84. The number of nitrogens with one attached hydrogen (secondary N) is 1. The van der Waals surface area contributed by atoms with Crippen LogP contribution in [0, 0.1) is 6.92 Å². The zero-order valence-corrected chi connectivity index (χ0v) is 11.2. The lowest BCUT2D eigenvalue weighted by Gasteiger charge is -2.09. The number of aromatic nitrogens is 2. The van der Waals surface area contributed by atoms with Crippen LogP contribution >= 0.6 is 0 Å². The maximum absolute atomic E-state index is 12.2. The van der Waals surface area contributed by atoms with Crippen LogP contribution in [0.4, 0.5) is 0 Å². The molecule has 0 fully saturated rings. The van der Waals surface area contributed by atoms with E-state index in [1.165, 1.54) is 7.11 Å². The molecule has 20 heavy (non-hydrogen) atoms. The fourth-order valence-electron chi connectivity index (χ4n) is 1.84. The standard InChI is InChI=1S/C14H14N2O4/c1-9-3-4-10(12(7-9)20-2)11(17)8-16-14(19)6-5-13(18)15-16/h3-7H,8H2,1-2H3,(H,15,18). The number of benzene rings is 1. The molecule has 1 aromatic heterocycles. The highest BCUT2D eigenvalue weighted by Gasteiger charge is 2.13. The SMILES string of the molecule is COc1cc(C)ccc1C(=O)Cn1[nH]c(=O)ccc1=O. The van der Waals surface area contributed by atoms with Gasteiger partial charge >= 0.3 is 0 Å². The minimum absolute atomic E-state index is 0.242. The third kappa shape index (κ3) is 2.85. The molecule has 0 saturated carbocycles. The van der Waals surface area contributed by atoms with Crippen LogP contribution in [0.2, 0.25) is 0 Å². The van der Waals surface area contributed by atoms with E-state index in [-0.39, 0.29) is 12.3 Å². The number of carbonyl (C=O) groups excluding carboxylic acids is 1. The quantitative estimate of drug-likeness (QED) is 0.834. The number of nitrogens with zero attached hydrogens (tertiary/aromatic N) is 1. The third-order valence-electron chi connectivity index (χ3n) is 2.85. The van der Waals surface area contributed by atoms with Crippen molar-refractivity contribution < 1.29 is 9.53 Å². The van der Waals surface area contributed by atoms with E-state index in [1.54, 1.807) is 18.2 Å². The molecule has 0 aliphatic carbocycles. The number of Topliss-reactive ketones (excluding diaryl/α,β-unsaturated/α-hetero) is 1. The van der Waals surface area contributed by atoms with Crippen LogP contribution in [0.1, 0.15) is 15.9 Å². The summed E-state index contributed by atoms with van der Waals surface area (Å²) in [5.41, 5.74) is 0.454. The molecule has 6 nitrogen and oxygen atoms in total.